The molecule has 1 saturated carbocycles. The SMILES string of the molecule is CN=C(NCC1(c2ccccc2F)CC1)NC1CCCn2nc(C)nc21.I. The maximum absolute atomic E-state index is 14.2. The van der Waals surface area contributed by atoms with Crippen molar-refractivity contribution in [3.63, 3.8) is 0 Å². The fourth-order valence-electron chi connectivity index (χ4n) is 3.80. The molecule has 0 saturated heterocycles. The molecule has 4 rings (SSSR count). The number of rotatable bonds is 4. The quantitative estimate of drug-likeness (QED) is 0.398. The molecule has 0 bridgehead atoms. The molecule has 0 amide bonds. The topological polar surface area (TPSA) is 67.1 Å². The van der Waals surface area contributed by atoms with E-state index in [4.69, 9.17) is 0 Å². The van der Waals surface area contributed by atoms with Crippen molar-refractivity contribution >= 4 is 29.9 Å². The Kier molecular flexibility index (Phi) is 6.02. The molecule has 0 radical (unpaired) electrons. The van der Waals surface area contributed by atoms with Crippen molar-refractivity contribution in [1.29, 1.82) is 0 Å². The zero-order valence-corrected chi connectivity index (χ0v) is 18.0. The molecule has 1 atom stereocenters. The lowest BCUT2D eigenvalue weighted by Gasteiger charge is -2.26. The van der Waals surface area contributed by atoms with Crippen molar-refractivity contribution in [2.24, 2.45) is 4.99 Å². The number of hydrogen-bond donors (Lipinski definition) is 2. The normalized spacial score (nSPS) is 20.4. The molecule has 1 aliphatic carbocycles. The zero-order chi connectivity index (χ0) is 18.1. The highest BCUT2D eigenvalue weighted by Crippen LogP contribution is 2.48. The van der Waals surface area contributed by atoms with E-state index in [-0.39, 0.29) is 41.3 Å². The van der Waals surface area contributed by atoms with Gasteiger partial charge in [0.15, 0.2) is 5.96 Å². The van der Waals surface area contributed by atoms with Gasteiger partial charge in [0, 0.05) is 25.6 Å². The van der Waals surface area contributed by atoms with Crippen LogP contribution in [-0.4, -0.2) is 34.3 Å². The summed E-state index contributed by atoms with van der Waals surface area (Å²) in [6.45, 7) is 3.50. The molecular weight excluding hydrogens is 458 g/mol. The molecule has 2 N–H and O–H groups in total. The van der Waals surface area contributed by atoms with Crippen LogP contribution in [0.2, 0.25) is 0 Å². The van der Waals surface area contributed by atoms with Gasteiger partial charge in [-0.2, -0.15) is 5.10 Å². The summed E-state index contributed by atoms with van der Waals surface area (Å²) < 4.78 is 16.2. The first kappa shape index (κ1) is 20.0. The predicted octanol–water partition coefficient (Wildman–Crippen LogP) is 3.08. The van der Waals surface area contributed by atoms with Gasteiger partial charge in [0.05, 0.1) is 6.04 Å². The standard InChI is InChI=1S/C19H25FN6.HI/c1-13-23-17-16(8-5-11-26(17)25-13)24-18(21-2)22-12-19(9-10-19)14-6-3-4-7-15(14)20;/h3-4,6-7,16H,5,8-12H2,1-2H3,(H2,21,22,24);1H. The van der Waals surface area contributed by atoms with Crippen LogP contribution in [0, 0.1) is 12.7 Å². The second kappa shape index (κ2) is 8.12. The Morgan fingerprint density at radius 3 is 2.85 bits per heavy atom. The minimum Gasteiger partial charge on any atom is -0.356 e. The second-order valence-corrected chi connectivity index (χ2v) is 7.27. The van der Waals surface area contributed by atoms with Gasteiger partial charge in [-0.1, -0.05) is 18.2 Å². The van der Waals surface area contributed by atoms with Gasteiger partial charge in [0.2, 0.25) is 0 Å². The van der Waals surface area contributed by atoms with Crippen LogP contribution in [0.1, 0.15) is 48.9 Å². The molecule has 1 aromatic heterocycles. The van der Waals surface area contributed by atoms with E-state index in [1.54, 1.807) is 19.2 Å². The van der Waals surface area contributed by atoms with Gasteiger partial charge >= 0.3 is 0 Å². The van der Waals surface area contributed by atoms with Crippen molar-refractivity contribution in [3.8, 4) is 0 Å². The van der Waals surface area contributed by atoms with Gasteiger partial charge in [-0.25, -0.2) is 14.1 Å². The van der Waals surface area contributed by atoms with Crippen molar-refractivity contribution in [2.75, 3.05) is 13.6 Å². The Labute approximate surface area is 176 Å². The zero-order valence-electron chi connectivity index (χ0n) is 15.7. The predicted molar refractivity (Wildman–Crippen MR) is 114 cm³/mol. The lowest BCUT2D eigenvalue weighted by molar-refractivity contribution is 0.397. The molecule has 27 heavy (non-hydrogen) atoms. The van der Waals surface area contributed by atoms with Gasteiger partial charge in [-0.05, 0) is 44.2 Å². The van der Waals surface area contributed by atoms with Crippen LogP contribution < -0.4 is 10.6 Å². The Bertz CT molecular complexity index is 829. The molecule has 146 valence electrons. The molecule has 6 nitrogen and oxygen atoms in total. The van der Waals surface area contributed by atoms with Gasteiger partial charge < -0.3 is 10.6 Å². The summed E-state index contributed by atoms with van der Waals surface area (Å²) in [5, 5.41) is 11.3. The van der Waals surface area contributed by atoms with Crippen LogP contribution in [0.4, 0.5) is 4.39 Å². The number of nitrogens with zero attached hydrogens (tertiary/aromatic N) is 4. The van der Waals surface area contributed by atoms with Crippen LogP contribution in [0.15, 0.2) is 29.3 Å². The van der Waals surface area contributed by atoms with Crippen LogP contribution >= 0.6 is 24.0 Å². The number of aromatic nitrogens is 3. The molecule has 1 unspecified atom stereocenters. The van der Waals surface area contributed by atoms with Crippen molar-refractivity contribution in [2.45, 2.75) is 50.6 Å². The second-order valence-electron chi connectivity index (χ2n) is 7.27. The third-order valence-corrected chi connectivity index (χ3v) is 5.41. The number of fused-ring (bicyclic) bond motifs is 1. The molecular formula is C19H26FIN6. The largest absolute Gasteiger partial charge is 0.356 e. The number of guanidine groups is 1. The molecule has 2 heterocycles. The molecule has 2 aliphatic rings. The first-order valence-corrected chi connectivity index (χ1v) is 9.25. The van der Waals surface area contributed by atoms with E-state index in [1.165, 1.54) is 0 Å². The monoisotopic (exact) mass is 484 g/mol. The number of nitrogens with one attached hydrogen (secondary N) is 2. The van der Waals surface area contributed by atoms with Gasteiger partial charge in [0.25, 0.3) is 0 Å². The number of aryl methyl sites for hydroxylation is 2. The van der Waals surface area contributed by atoms with E-state index < -0.39 is 0 Å². The highest BCUT2D eigenvalue weighted by Gasteiger charge is 2.45. The lowest BCUT2D eigenvalue weighted by Crippen LogP contribution is -2.44. The van der Waals surface area contributed by atoms with E-state index in [0.29, 0.717) is 6.54 Å². The number of aliphatic imine (C=N–C) groups is 1. The van der Waals surface area contributed by atoms with Crippen LogP contribution in [0.3, 0.4) is 0 Å². The maximum Gasteiger partial charge on any atom is 0.191 e. The summed E-state index contributed by atoms with van der Waals surface area (Å²) in [4.78, 5) is 8.91. The number of halogens is 2. The minimum atomic E-state index is -0.120. The molecule has 0 spiro atoms. The summed E-state index contributed by atoms with van der Waals surface area (Å²) in [7, 11) is 1.76. The molecule has 1 aromatic carbocycles. The van der Waals surface area contributed by atoms with Crippen molar-refractivity contribution < 1.29 is 4.39 Å². The summed E-state index contributed by atoms with van der Waals surface area (Å²) in [6, 6.07) is 7.18. The van der Waals surface area contributed by atoms with E-state index in [9.17, 15) is 4.39 Å². The average molecular weight is 484 g/mol. The molecule has 8 heteroatoms. The Morgan fingerprint density at radius 2 is 2.15 bits per heavy atom. The summed E-state index contributed by atoms with van der Waals surface area (Å²) in [5.74, 6) is 2.37. The smallest absolute Gasteiger partial charge is 0.191 e. The van der Waals surface area contributed by atoms with E-state index in [0.717, 1.165) is 55.4 Å². The van der Waals surface area contributed by atoms with Gasteiger partial charge in [0.1, 0.15) is 17.5 Å². The first-order valence-electron chi connectivity index (χ1n) is 9.25. The van der Waals surface area contributed by atoms with Crippen LogP contribution in [0.25, 0.3) is 0 Å². The molecule has 1 aliphatic heterocycles. The Balaban J connectivity index is 0.00000210. The molecule has 1 fully saturated rings. The minimum absolute atomic E-state index is 0. The number of benzene rings is 1. The fourth-order valence-corrected chi connectivity index (χ4v) is 3.80. The van der Waals surface area contributed by atoms with E-state index in [2.05, 4.69) is 25.7 Å². The summed E-state index contributed by atoms with van der Waals surface area (Å²) in [6.07, 6.45) is 4.05. The lowest BCUT2D eigenvalue weighted by atomic mass is 9.95. The first-order chi connectivity index (χ1) is 12.6. The third-order valence-electron chi connectivity index (χ3n) is 5.41. The fraction of sp³-hybridized carbons (Fsp3) is 0.526. The van der Waals surface area contributed by atoms with Gasteiger partial charge in [-0.15, -0.1) is 24.0 Å². The summed E-state index contributed by atoms with van der Waals surface area (Å²) in [5.41, 5.74) is 0.683. The van der Waals surface area contributed by atoms with Crippen molar-refractivity contribution in [1.82, 2.24) is 25.4 Å². The highest BCUT2D eigenvalue weighted by atomic mass is 127. The Hall–Kier alpha value is -1.71. The Morgan fingerprint density at radius 1 is 1.37 bits per heavy atom. The average Bonchev–Trinajstić information content (AvgIpc) is 3.32. The van der Waals surface area contributed by atoms with Gasteiger partial charge in [-0.3, -0.25) is 4.99 Å². The highest BCUT2D eigenvalue weighted by molar-refractivity contribution is 14.0. The van der Waals surface area contributed by atoms with Crippen LogP contribution in [0.5, 0.6) is 0 Å². The maximum atomic E-state index is 14.2. The van der Waals surface area contributed by atoms with E-state index in [1.807, 2.05) is 23.7 Å². The summed E-state index contributed by atoms with van der Waals surface area (Å²) >= 11 is 0. The number of hydrogen-bond acceptors (Lipinski definition) is 3. The van der Waals surface area contributed by atoms with E-state index >= 15 is 0 Å². The molecule has 2 aromatic rings. The third kappa shape index (κ3) is 4.09. The van der Waals surface area contributed by atoms with Crippen molar-refractivity contribution in [3.05, 3.63) is 47.3 Å². The van der Waals surface area contributed by atoms with Crippen LogP contribution in [-0.2, 0) is 12.0 Å².